The van der Waals surface area contributed by atoms with Gasteiger partial charge in [0.25, 0.3) is 0 Å². The van der Waals surface area contributed by atoms with Gasteiger partial charge in [0.2, 0.25) is 0 Å². The zero-order valence-corrected chi connectivity index (χ0v) is 14.1. The fraction of sp³-hybridized carbons (Fsp3) is 0.588. The number of ether oxygens (including phenoxy) is 2. The molecule has 0 spiro atoms. The van der Waals surface area contributed by atoms with Gasteiger partial charge in [0, 0.05) is 18.7 Å². The number of urea groups is 1. The number of carbonyl (C=O) groups excluding carboxylic acids is 1. The highest BCUT2D eigenvalue weighted by Gasteiger charge is 2.38. The number of carbonyl (C=O) groups is 1. The van der Waals surface area contributed by atoms with Crippen LogP contribution in [0.1, 0.15) is 30.9 Å². The van der Waals surface area contributed by atoms with Crippen LogP contribution in [0.15, 0.2) is 24.3 Å². The first-order valence-corrected chi connectivity index (χ1v) is 8.50. The molecule has 1 saturated heterocycles. The van der Waals surface area contributed by atoms with Crippen LogP contribution in [0.25, 0.3) is 0 Å². The molecule has 1 aromatic rings. The zero-order valence-electron chi connectivity index (χ0n) is 13.3. The summed E-state index contributed by atoms with van der Waals surface area (Å²) in [5.74, 6) is 0. The first-order chi connectivity index (χ1) is 11.2. The Morgan fingerprint density at radius 1 is 1.43 bits per heavy atom. The molecule has 1 unspecified atom stereocenters. The molecule has 0 bridgehead atoms. The number of hydrogen-bond acceptors (Lipinski definition) is 3. The summed E-state index contributed by atoms with van der Waals surface area (Å²) < 4.78 is 11.0. The van der Waals surface area contributed by atoms with Gasteiger partial charge >= 0.3 is 6.03 Å². The van der Waals surface area contributed by atoms with Gasteiger partial charge in [-0.25, -0.2) is 4.79 Å². The van der Waals surface area contributed by atoms with Gasteiger partial charge in [0.05, 0.1) is 31.4 Å². The lowest BCUT2D eigenvalue weighted by Gasteiger charge is -2.38. The van der Waals surface area contributed by atoms with E-state index >= 15 is 0 Å². The molecule has 1 aliphatic heterocycles. The SMILES string of the molecule is COCC(NC(=O)N1CCO[C@H]2CCC[C@H]21)c1ccc(Cl)cc1. The second-order valence-corrected chi connectivity index (χ2v) is 6.55. The number of hydrogen-bond donors (Lipinski definition) is 1. The maximum absolute atomic E-state index is 12.7. The number of halogens is 1. The van der Waals surface area contributed by atoms with E-state index in [0.29, 0.717) is 24.8 Å². The Hall–Kier alpha value is -1.30. The summed E-state index contributed by atoms with van der Waals surface area (Å²) in [6, 6.07) is 7.47. The summed E-state index contributed by atoms with van der Waals surface area (Å²) in [5, 5.41) is 3.78. The first kappa shape index (κ1) is 16.6. The molecule has 5 nitrogen and oxygen atoms in total. The molecule has 2 amide bonds. The molecule has 3 atom stereocenters. The van der Waals surface area contributed by atoms with Crippen molar-refractivity contribution >= 4 is 17.6 Å². The number of benzene rings is 1. The zero-order chi connectivity index (χ0) is 16.2. The standard InChI is InChI=1S/C17H23ClN2O3/c1-22-11-14(12-5-7-13(18)8-6-12)19-17(21)20-9-10-23-16-4-2-3-15(16)20/h5-8,14-16H,2-4,9-11H2,1H3,(H,19,21)/t14?,15-,16+/m1/s1. The number of rotatable bonds is 4. The van der Waals surface area contributed by atoms with Crippen molar-refractivity contribution in [2.75, 3.05) is 26.9 Å². The van der Waals surface area contributed by atoms with Gasteiger partial charge in [-0.3, -0.25) is 0 Å². The van der Waals surface area contributed by atoms with Crippen molar-refractivity contribution in [1.82, 2.24) is 10.2 Å². The molecule has 23 heavy (non-hydrogen) atoms. The molecule has 1 aromatic carbocycles. The minimum Gasteiger partial charge on any atom is -0.382 e. The molecule has 1 heterocycles. The fourth-order valence-electron chi connectivity index (χ4n) is 3.49. The van der Waals surface area contributed by atoms with Gasteiger partial charge in [-0.05, 0) is 37.0 Å². The average Bonchev–Trinajstić information content (AvgIpc) is 3.03. The minimum atomic E-state index is -0.188. The maximum Gasteiger partial charge on any atom is 0.318 e. The molecule has 1 N–H and O–H groups in total. The number of morpholine rings is 1. The first-order valence-electron chi connectivity index (χ1n) is 8.12. The number of nitrogens with zero attached hydrogens (tertiary/aromatic N) is 1. The lowest BCUT2D eigenvalue weighted by molar-refractivity contribution is -0.0389. The highest BCUT2D eigenvalue weighted by molar-refractivity contribution is 6.30. The van der Waals surface area contributed by atoms with Crippen molar-refractivity contribution in [3.05, 3.63) is 34.9 Å². The van der Waals surface area contributed by atoms with Crippen molar-refractivity contribution in [3.63, 3.8) is 0 Å². The monoisotopic (exact) mass is 338 g/mol. The van der Waals surface area contributed by atoms with Gasteiger partial charge in [-0.15, -0.1) is 0 Å². The third-order valence-corrected chi connectivity index (χ3v) is 4.90. The molecule has 6 heteroatoms. The van der Waals surface area contributed by atoms with E-state index in [-0.39, 0.29) is 24.2 Å². The van der Waals surface area contributed by atoms with E-state index in [1.807, 2.05) is 29.2 Å². The van der Waals surface area contributed by atoms with Crippen molar-refractivity contribution in [3.8, 4) is 0 Å². The van der Waals surface area contributed by atoms with Crippen LogP contribution < -0.4 is 5.32 Å². The van der Waals surface area contributed by atoms with Gasteiger partial charge in [-0.2, -0.15) is 0 Å². The van der Waals surface area contributed by atoms with Crippen LogP contribution in [0.2, 0.25) is 5.02 Å². The van der Waals surface area contributed by atoms with Crippen molar-refractivity contribution < 1.29 is 14.3 Å². The Bertz CT molecular complexity index is 537. The third kappa shape index (κ3) is 3.79. The van der Waals surface area contributed by atoms with E-state index in [1.54, 1.807) is 7.11 Å². The molecule has 126 valence electrons. The van der Waals surface area contributed by atoms with Crippen molar-refractivity contribution in [2.24, 2.45) is 0 Å². The smallest absolute Gasteiger partial charge is 0.318 e. The van der Waals surface area contributed by atoms with E-state index in [2.05, 4.69) is 5.32 Å². The molecular weight excluding hydrogens is 316 g/mol. The van der Waals surface area contributed by atoms with E-state index in [9.17, 15) is 4.79 Å². The highest BCUT2D eigenvalue weighted by Crippen LogP contribution is 2.30. The normalized spacial score (nSPS) is 25.0. The van der Waals surface area contributed by atoms with Crippen LogP contribution in [0.4, 0.5) is 4.79 Å². The largest absolute Gasteiger partial charge is 0.382 e. The van der Waals surface area contributed by atoms with E-state index < -0.39 is 0 Å². The number of amides is 2. The second kappa shape index (κ2) is 7.51. The van der Waals surface area contributed by atoms with Crippen LogP contribution in [0.3, 0.4) is 0 Å². The number of methoxy groups -OCH3 is 1. The Morgan fingerprint density at radius 2 is 2.22 bits per heavy atom. The third-order valence-electron chi connectivity index (χ3n) is 4.65. The topological polar surface area (TPSA) is 50.8 Å². The van der Waals surface area contributed by atoms with E-state index in [1.165, 1.54) is 0 Å². The lowest BCUT2D eigenvalue weighted by Crippen LogP contribution is -2.55. The summed E-state index contributed by atoms with van der Waals surface area (Å²) in [5.41, 5.74) is 0.987. The summed E-state index contributed by atoms with van der Waals surface area (Å²) in [6.45, 7) is 1.68. The predicted molar refractivity (Wildman–Crippen MR) is 88.7 cm³/mol. The maximum atomic E-state index is 12.7. The van der Waals surface area contributed by atoms with Crippen LogP contribution in [-0.4, -0.2) is 49.9 Å². The van der Waals surface area contributed by atoms with Crippen LogP contribution in [0, 0.1) is 0 Å². The predicted octanol–water partition coefficient (Wildman–Crippen LogP) is 2.99. The Kier molecular flexibility index (Phi) is 5.41. The minimum absolute atomic E-state index is 0.0396. The molecule has 0 aromatic heterocycles. The van der Waals surface area contributed by atoms with Gasteiger partial charge in [0.15, 0.2) is 0 Å². The molecular formula is C17H23ClN2O3. The Balaban J connectivity index is 1.69. The van der Waals surface area contributed by atoms with Crippen LogP contribution in [-0.2, 0) is 9.47 Å². The summed E-state index contributed by atoms with van der Waals surface area (Å²) in [4.78, 5) is 14.7. The average molecular weight is 339 g/mol. The van der Waals surface area contributed by atoms with E-state index in [4.69, 9.17) is 21.1 Å². The molecule has 3 rings (SSSR count). The van der Waals surface area contributed by atoms with Crippen LogP contribution in [0.5, 0.6) is 0 Å². The lowest BCUT2D eigenvalue weighted by atomic mass is 10.1. The van der Waals surface area contributed by atoms with Gasteiger partial charge < -0.3 is 19.7 Å². The second-order valence-electron chi connectivity index (χ2n) is 6.11. The Morgan fingerprint density at radius 3 is 2.96 bits per heavy atom. The van der Waals surface area contributed by atoms with Crippen molar-refractivity contribution in [1.29, 1.82) is 0 Å². The van der Waals surface area contributed by atoms with Crippen LogP contribution >= 0.6 is 11.6 Å². The molecule has 0 radical (unpaired) electrons. The molecule has 1 saturated carbocycles. The van der Waals surface area contributed by atoms with E-state index in [0.717, 1.165) is 24.8 Å². The number of fused-ring (bicyclic) bond motifs is 1. The highest BCUT2D eigenvalue weighted by atomic mass is 35.5. The molecule has 1 aliphatic carbocycles. The Labute approximate surface area is 141 Å². The summed E-state index contributed by atoms with van der Waals surface area (Å²) in [6.07, 6.45) is 3.39. The molecule has 2 aliphatic rings. The number of nitrogens with one attached hydrogen (secondary N) is 1. The molecule has 2 fully saturated rings. The summed E-state index contributed by atoms with van der Waals surface area (Å²) in [7, 11) is 1.64. The summed E-state index contributed by atoms with van der Waals surface area (Å²) >= 11 is 5.94. The van der Waals surface area contributed by atoms with Gasteiger partial charge in [0.1, 0.15) is 0 Å². The quantitative estimate of drug-likeness (QED) is 0.918. The van der Waals surface area contributed by atoms with Gasteiger partial charge in [-0.1, -0.05) is 23.7 Å². The fourth-order valence-corrected chi connectivity index (χ4v) is 3.62. The van der Waals surface area contributed by atoms with Crippen molar-refractivity contribution in [2.45, 2.75) is 37.5 Å².